The molecule has 5 nitrogen and oxygen atoms in total. The van der Waals surface area contributed by atoms with Crippen molar-refractivity contribution in [2.24, 2.45) is 0 Å². The molecule has 7 heteroatoms. The van der Waals surface area contributed by atoms with Crippen LogP contribution in [0.4, 0.5) is 8.78 Å². The van der Waals surface area contributed by atoms with Crippen LogP contribution in [0, 0.1) is 0 Å². The van der Waals surface area contributed by atoms with Gasteiger partial charge in [0.05, 0.1) is 0 Å². The molecule has 0 aliphatic heterocycles. The Kier molecular flexibility index (Phi) is 1.79. The van der Waals surface area contributed by atoms with E-state index in [4.69, 9.17) is 5.11 Å². The number of alkyl halides is 2. The lowest BCUT2D eigenvalue weighted by molar-refractivity contribution is 0.0544. The molecule has 1 heterocycles. The Morgan fingerprint density at radius 3 is 2.64 bits per heavy atom. The smallest absolute Gasteiger partial charge is 0.375 e. The van der Waals surface area contributed by atoms with Gasteiger partial charge in [-0.05, 0) is 0 Å². The maximum absolute atomic E-state index is 11.7. The Morgan fingerprint density at radius 2 is 2.36 bits per heavy atom. The molecule has 1 N–H and O–H groups in total. The highest BCUT2D eigenvalue weighted by atomic mass is 19.3. The predicted octanol–water partition coefficient (Wildman–Crippen LogP) is 0.371. The molecule has 0 radical (unpaired) electrons. The number of carboxylic acids is 1. The van der Waals surface area contributed by atoms with Gasteiger partial charge in [-0.3, -0.25) is 0 Å². The lowest BCUT2D eigenvalue weighted by atomic mass is 10.7. The van der Waals surface area contributed by atoms with Crippen LogP contribution in [0.25, 0.3) is 0 Å². The first kappa shape index (κ1) is 7.58. The highest BCUT2D eigenvalue weighted by Gasteiger charge is 2.12. The summed E-state index contributed by atoms with van der Waals surface area (Å²) in [5, 5.41) is 11.2. The van der Waals surface area contributed by atoms with Crippen LogP contribution in [-0.4, -0.2) is 25.8 Å². The summed E-state index contributed by atoms with van der Waals surface area (Å²) >= 11 is 0. The molecule has 0 aliphatic rings. The van der Waals surface area contributed by atoms with Gasteiger partial charge in [0.15, 0.2) is 0 Å². The summed E-state index contributed by atoms with van der Waals surface area (Å²) in [5.41, 5.74) is 0. The second-order valence-corrected chi connectivity index (χ2v) is 1.63. The van der Waals surface area contributed by atoms with Crippen LogP contribution in [0.2, 0.25) is 0 Å². The van der Waals surface area contributed by atoms with E-state index in [0.717, 1.165) is 0 Å². The van der Waals surface area contributed by atoms with E-state index in [2.05, 4.69) is 10.1 Å². The van der Waals surface area contributed by atoms with Crippen LogP contribution in [0.3, 0.4) is 0 Å². The number of aromatic carboxylic acids is 1. The molecule has 0 atom stereocenters. The fourth-order valence-electron chi connectivity index (χ4n) is 0.467. The average molecular weight is 163 g/mol. The molecule has 11 heavy (non-hydrogen) atoms. The lowest BCUT2D eigenvalue weighted by Crippen LogP contribution is -2.03. The van der Waals surface area contributed by atoms with E-state index in [-0.39, 0.29) is 4.68 Å². The Labute approximate surface area is 59.3 Å². The van der Waals surface area contributed by atoms with Gasteiger partial charge < -0.3 is 5.11 Å². The average Bonchev–Trinajstić information content (AvgIpc) is 2.33. The van der Waals surface area contributed by atoms with E-state index in [1.54, 1.807) is 0 Å². The quantitative estimate of drug-likeness (QED) is 0.683. The van der Waals surface area contributed by atoms with Gasteiger partial charge in [-0.1, -0.05) is 0 Å². The molecular weight excluding hydrogens is 160 g/mol. The third kappa shape index (κ3) is 1.48. The van der Waals surface area contributed by atoms with Crippen LogP contribution in [-0.2, 0) is 0 Å². The number of rotatable bonds is 2. The van der Waals surface area contributed by atoms with Crippen molar-refractivity contribution in [1.29, 1.82) is 0 Å². The van der Waals surface area contributed by atoms with Crippen molar-refractivity contribution in [3.05, 3.63) is 12.2 Å². The second-order valence-electron chi connectivity index (χ2n) is 1.63. The number of hydrogen-bond donors (Lipinski definition) is 1. The highest BCUT2D eigenvalue weighted by Crippen LogP contribution is 2.06. The monoisotopic (exact) mass is 163 g/mol. The Hall–Kier alpha value is -1.53. The minimum Gasteiger partial charge on any atom is -0.475 e. The van der Waals surface area contributed by atoms with Crippen molar-refractivity contribution in [3.63, 3.8) is 0 Å². The Bertz CT molecular complexity index is 272. The number of halogens is 2. The van der Waals surface area contributed by atoms with E-state index >= 15 is 0 Å². The molecule has 1 aromatic heterocycles. The van der Waals surface area contributed by atoms with Crippen LogP contribution in [0.15, 0.2) is 6.33 Å². The zero-order valence-electron chi connectivity index (χ0n) is 5.11. The maximum atomic E-state index is 11.7. The van der Waals surface area contributed by atoms with E-state index in [1.807, 2.05) is 0 Å². The molecule has 0 aromatic carbocycles. The standard InChI is InChI=1S/C4H3F2N3O2/c5-4(6)9-1-7-2(8-9)3(10)11/h1,4H,(H,10,11). The highest BCUT2D eigenvalue weighted by molar-refractivity contribution is 5.82. The zero-order valence-corrected chi connectivity index (χ0v) is 5.11. The molecule has 1 aromatic rings. The summed E-state index contributed by atoms with van der Waals surface area (Å²) < 4.78 is 23.6. The first-order chi connectivity index (χ1) is 5.11. The molecule has 1 rings (SSSR count). The van der Waals surface area contributed by atoms with Crippen molar-refractivity contribution < 1.29 is 18.7 Å². The van der Waals surface area contributed by atoms with Gasteiger partial charge in [-0.25, -0.2) is 9.78 Å². The van der Waals surface area contributed by atoms with Crippen LogP contribution in [0.5, 0.6) is 0 Å². The molecular formula is C4H3F2N3O2. The van der Waals surface area contributed by atoms with Gasteiger partial charge in [-0.2, -0.15) is 13.5 Å². The number of carbonyl (C=O) groups is 1. The van der Waals surface area contributed by atoms with Crippen LogP contribution < -0.4 is 0 Å². The molecule has 0 saturated heterocycles. The maximum Gasteiger partial charge on any atom is 0.375 e. The van der Waals surface area contributed by atoms with Gasteiger partial charge in [0, 0.05) is 0 Å². The number of hydrogen-bond acceptors (Lipinski definition) is 3. The Morgan fingerprint density at radius 1 is 1.73 bits per heavy atom. The molecule has 0 aliphatic carbocycles. The molecule has 0 amide bonds. The predicted molar refractivity (Wildman–Crippen MR) is 28.2 cm³/mol. The van der Waals surface area contributed by atoms with Gasteiger partial charge in [0.2, 0.25) is 0 Å². The molecule has 0 fully saturated rings. The van der Waals surface area contributed by atoms with Gasteiger partial charge in [0.1, 0.15) is 6.33 Å². The first-order valence-electron chi connectivity index (χ1n) is 2.54. The fourth-order valence-corrected chi connectivity index (χ4v) is 0.467. The van der Waals surface area contributed by atoms with E-state index in [1.165, 1.54) is 0 Å². The fraction of sp³-hybridized carbons (Fsp3) is 0.250. The number of carboxylic acid groups (broad SMARTS) is 1. The van der Waals surface area contributed by atoms with Gasteiger partial charge in [0.25, 0.3) is 5.82 Å². The summed E-state index contributed by atoms with van der Waals surface area (Å²) in [6, 6.07) is 0. The molecule has 0 unspecified atom stereocenters. The zero-order chi connectivity index (χ0) is 8.43. The first-order valence-corrected chi connectivity index (χ1v) is 2.54. The van der Waals surface area contributed by atoms with Gasteiger partial charge in [-0.15, -0.1) is 5.10 Å². The lowest BCUT2D eigenvalue weighted by Gasteiger charge is -1.92. The van der Waals surface area contributed by atoms with Crippen molar-refractivity contribution in [2.75, 3.05) is 0 Å². The summed E-state index contributed by atoms with van der Waals surface area (Å²) in [6.45, 7) is -2.85. The number of nitrogens with zero attached hydrogens (tertiary/aromatic N) is 3. The largest absolute Gasteiger partial charge is 0.475 e. The Balaban J connectivity index is 2.90. The summed E-state index contributed by atoms with van der Waals surface area (Å²) in [5.74, 6) is -2.06. The van der Waals surface area contributed by atoms with Crippen LogP contribution >= 0.6 is 0 Å². The topological polar surface area (TPSA) is 68.0 Å². The summed E-state index contributed by atoms with van der Waals surface area (Å²) in [6.07, 6.45) is 0.661. The molecule has 0 spiro atoms. The van der Waals surface area contributed by atoms with E-state index in [9.17, 15) is 13.6 Å². The van der Waals surface area contributed by atoms with Crippen molar-refractivity contribution in [1.82, 2.24) is 14.8 Å². The molecule has 60 valence electrons. The summed E-state index contributed by atoms with van der Waals surface area (Å²) in [7, 11) is 0. The molecule has 0 saturated carbocycles. The SMILES string of the molecule is O=C(O)c1ncn(C(F)F)n1. The number of aromatic nitrogens is 3. The molecule has 0 bridgehead atoms. The van der Waals surface area contributed by atoms with E-state index in [0.29, 0.717) is 6.33 Å². The third-order valence-corrected chi connectivity index (χ3v) is 0.900. The minimum atomic E-state index is -2.85. The van der Waals surface area contributed by atoms with Crippen LogP contribution in [0.1, 0.15) is 17.2 Å². The van der Waals surface area contributed by atoms with Crippen molar-refractivity contribution in [3.8, 4) is 0 Å². The van der Waals surface area contributed by atoms with Crippen molar-refractivity contribution >= 4 is 5.97 Å². The minimum absolute atomic E-state index is 0.170. The normalized spacial score (nSPS) is 10.5. The van der Waals surface area contributed by atoms with Crippen molar-refractivity contribution in [2.45, 2.75) is 6.55 Å². The van der Waals surface area contributed by atoms with E-state index < -0.39 is 18.3 Å². The van der Waals surface area contributed by atoms with Gasteiger partial charge >= 0.3 is 12.5 Å². The summed E-state index contributed by atoms with van der Waals surface area (Å²) in [4.78, 5) is 13.2. The second kappa shape index (κ2) is 2.60. The third-order valence-electron chi connectivity index (χ3n) is 0.900.